The van der Waals surface area contributed by atoms with Crippen molar-refractivity contribution in [2.24, 2.45) is 5.10 Å². The topological polar surface area (TPSA) is 66.8 Å². The van der Waals surface area contributed by atoms with Crippen molar-refractivity contribution in [3.05, 3.63) is 95.6 Å². The van der Waals surface area contributed by atoms with Gasteiger partial charge >= 0.3 is 10.2 Å². The Morgan fingerprint density at radius 2 is 1.59 bits per heavy atom. The van der Waals surface area contributed by atoms with Gasteiger partial charge in [-0.25, -0.2) is 0 Å². The lowest BCUT2D eigenvalue weighted by Crippen LogP contribution is -2.18. The molecule has 3 aromatic carbocycles. The highest BCUT2D eigenvalue weighted by atomic mass is 32.3. The lowest BCUT2D eigenvalue weighted by atomic mass is 9.98. The van der Waals surface area contributed by atoms with Crippen LogP contribution in [0.15, 0.2) is 88.9 Å². The number of hydrogen-bond donors (Lipinski definition) is 0. The van der Waals surface area contributed by atoms with E-state index in [1.165, 1.54) is 12.1 Å². The molecule has 3 aromatic rings. The van der Waals surface area contributed by atoms with E-state index in [0.717, 1.165) is 28.8 Å². The molecule has 0 spiro atoms. The first-order valence-electron chi connectivity index (χ1n) is 8.98. The van der Waals surface area contributed by atoms with Crippen molar-refractivity contribution in [1.29, 1.82) is 0 Å². The molecule has 146 valence electrons. The highest BCUT2D eigenvalue weighted by Crippen LogP contribution is 2.36. The second kappa shape index (κ2) is 7.60. The molecule has 0 fully saturated rings. The smallest absolute Gasteiger partial charge is 0.298 e. The Labute approximate surface area is 168 Å². The maximum Gasteiger partial charge on any atom is 0.332 e. The largest absolute Gasteiger partial charge is 0.332 e. The van der Waals surface area contributed by atoms with Crippen molar-refractivity contribution in [2.75, 3.05) is 5.01 Å². The Morgan fingerprint density at radius 1 is 0.931 bits per heavy atom. The van der Waals surface area contributed by atoms with Gasteiger partial charge in [-0.2, -0.15) is 13.5 Å². The molecule has 1 aliphatic heterocycles. The van der Waals surface area contributed by atoms with Crippen LogP contribution in [0.1, 0.15) is 33.9 Å². The summed E-state index contributed by atoms with van der Waals surface area (Å²) in [6, 6.07) is 22.6. The predicted octanol–water partition coefficient (Wildman–Crippen LogP) is 4.51. The van der Waals surface area contributed by atoms with E-state index in [1.54, 1.807) is 24.3 Å². The molecule has 0 amide bonds. The average Bonchev–Trinajstić information content (AvgIpc) is 3.19. The molecule has 0 saturated carbocycles. The molecule has 0 N–H and O–H groups in total. The first kappa shape index (κ1) is 19.0. The lowest BCUT2D eigenvalue weighted by molar-refractivity contribution is 0.112. The van der Waals surface area contributed by atoms with E-state index >= 15 is 0 Å². The van der Waals surface area contributed by atoms with Gasteiger partial charge < -0.3 is 0 Å². The van der Waals surface area contributed by atoms with Gasteiger partial charge in [0, 0.05) is 12.0 Å². The number of benzene rings is 3. The van der Waals surface area contributed by atoms with Gasteiger partial charge in [0.05, 0.1) is 22.3 Å². The van der Waals surface area contributed by atoms with Crippen LogP contribution in [0.2, 0.25) is 0 Å². The van der Waals surface area contributed by atoms with Crippen molar-refractivity contribution in [3.63, 3.8) is 0 Å². The van der Waals surface area contributed by atoms with Crippen LogP contribution in [0.3, 0.4) is 0 Å². The molecule has 0 bridgehead atoms. The number of carbonyl (C=O) groups is 1. The summed E-state index contributed by atoms with van der Waals surface area (Å²) in [4.78, 5) is 10.6. The molecule has 0 radical (unpaired) electrons. The van der Waals surface area contributed by atoms with Gasteiger partial charge in [0.15, 0.2) is 0 Å². The van der Waals surface area contributed by atoms with Crippen molar-refractivity contribution in [2.45, 2.75) is 17.4 Å². The SMILES string of the molecule is O=Cc1ccc(N2N=C(c3ccc(S(=O)(=O)F)cc3)C[C@@H]2c2ccccc2)cc1. The zero-order valence-corrected chi connectivity index (χ0v) is 16.1. The molecule has 1 heterocycles. The van der Waals surface area contributed by atoms with Crippen LogP contribution in [0.25, 0.3) is 0 Å². The van der Waals surface area contributed by atoms with Crippen LogP contribution in [0.5, 0.6) is 0 Å². The third-order valence-electron chi connectivity index (χ3n) is 4.86. The minimum atomic E-state index is -4.74. The van der Waals surface area contributed by atoms with Crippen molar-refractivity contribution in [1.82, 2.24) is 0 Å². The van der Waals surface area contributed by atoms with Crippen LogP contribution >= 0.6 is 0 Å². The summed E-state index contributed by atoms with van der Waals surface area (Å²) in [5.74, 6) is 0. The van der Waals surface area contributed by atoms with Crippen LogP contribution in [-0.2, 0) is 10.2 Å². The van der Waals surface area contributed by atoms with E-state index < -0.39 is 10.2 Å². The van der Waals surface area contributed by atoms with Gasteiger partial charge in [-0.3, -0.25) is 9.80 Å². The Balaban J connectivity index is 1.72. The minimum Gasteiger partial charge on any atom is -0.298 e. The van der Waals surface area contributed by atoms with E-state index in [2.05, 4.69) is 0 Å². The summed E-state index contributed by atoms with van der Waals surface area (Å²) >= 11 is 0. The molecule has 1 atom stereocenters. The van der Waals surface area contributed by atoms with Gasteiger partial charge in [-0.1, -0.05) is 42.5 Å². The van der Waals surface area contributed by atoms with E-state index in [-0.39, 0.29) is 10.9 Å². The number of hydrazone groups is 1. The first-order valence-corrected chi connectivity index (χ1v) is 10.4. The van der Waals surface area contributed by atoms with Crippen LogP contribution in [-0.4, -0.2) is 20.4 Å². The number of aldehydes is 1. The Bertz CT molecular complexity index is 1160. The summed E-state index contributed by atoms with van der Waals surface area (Å²) in [6.07, 6.45) is 1.39. The Morgan fingerprint density at radius 3 is 2.17 bits per heavy atom. The van der Waals surface area contributed by atoms with E-state index in [0.29, 0.717) is 12.0 Å². The normalized spacial score (nSPS) is 16.5. The molecular weight excluding hydrogens is 391 g/mol. The molecule has 0 unspecified atom stereocenters. The second-order valence-corrected chi connectivity index (χ2v) is 8.04. The summed E-state index contributed by atoms with van der Waals surface area (Å²) in [5.41, 5.74) is 3.99. The standard InChI is InChI=1S/C22H17FN2O3S/c23-29(27,28)20-12-8-17(9-13-20)21-14-22(18-4-2-1-3-5-18)25(24-21)19-10-6-16(15-26)7-11-19/h1-13,15,22H,14H2/t22-/m1/s1. The van der Waals surface area contributed by atoms with Gasteiger partial charge in [-0.15, -0.1) is 3.89 Å². The van der Waals surface area contributed by atoms with Crippen LogP contribution in [0.4, 0.5) is 9.57 Å². The Hall–Kier alpha value is -3.32. The molecular formula is C22H17FN2O3S. The lowest BCUT2D eigenvalue weighted by Gasteiger charge is -2.24. The summed E-state index contributed by atoms with van der Waals surface area (Å²) in [6.45, 7) is 0. The van der Waals surface area contributed by atoms with Gasteiger partial charge in [0.2, 0.25) is 0 Å². The van der Waals surface area contributed by atoms with Gasteiger partial charge in [-0.05, 0) is 47.5 Å². The molecule has 0 aromatic heterocycles. The number of rotatable bonds is 5. The first-order chi connectivity index (χ1) is 14.0. The molecule has 5 nitrogen and oxygen atoms in total. The number of halogens is 1. The fraction of sp³-hybridized carbons (Fsp3) is 0.0909. The maximum absolute atomic E-state index is 13.2. The number of carbonyl (C=O) groups excluding carboxylic acids is 1. The summed E-state index contributed by atoms with van der Waals surface area (Å²) in [7, 11) is -4.74. The van der Waals surface area contributed by atoms with Crippen molar-refractivity contribution in [3.8, 4) is 0 Å². The quantitative estimate of drug-likeness (QED) is 0.460. The fourth-order valence-electron chi connectivity index (χ4n) is 3.37. The number of nitrogens with zero attached hydrogens (tertiary/aromatic N) is 2. The molecule has 0 saturated heterocycles. The molecule has 0 aliphatic carbocycles. The zero-order chi connectivity index (χ0) is 20.4. The molecule has 4 rings (SSSR count). The molecule has 1 aliphatic rings. The highest BCUT2D eigenvalue weighted by Gasteiger charge is 2.30. The van der Waals surface area contributed by atoms with Crippen LogP contribution < -0.4 is 5.01 Å². The Kier molecular flexibility index (Phi) is 4.98. The molecule has 7 heteroatoms. The highest BCUT2D eigenvalue weighted by molar-refractivity contribution is 7.86. The minimum absolute atomic E-state index is 0.0575. The van der Waals surface area contributed by atoms with E-state index in [4.69, 9.17) is 5.10 Å². The average molecular weight is 408 g/mol. The second-order valence-electron chi connectivity index (χ2n) is 6.69. The predicted molar refractivity (Wildman–Crippen MR) is 109 cm³/mol. The summed E-state index contributed by atoms with van der Waals surface area (Å²) < 4.78 is 35.3. The monoisotopic (exact) mass is 408 g/mol. The van der Waals surface area contributed by atoms with Crippen molar-refractivity contribution < 1.29 is 17.1 Å². The van der Waals surface area contributed by atoms with Crippen LogP contribution in [0, 0.1) is 0 Å². The maximum atomic E-state index is 13.2. The van der Waals surface area contributed by atoms with Crippen molar-refractivity contribution >= 4 is 27.9 Å². The number of hydrogen-bond acceptors (Lipinski definition) is 5. The van der Waals surface area contributed by atoms with E-state index in [9.17, 15) is 17.1 Å². The van der Waals surface area contributed by atoms with E-state index in [1.807, 2.05) is 47.5 Å². The van der Waals surface area contributed by atoms with Gasteiger partial charge in [0.1, 0.15) is 6.29 Å². The third kappa shape index (κ3) is 3.95. The molecule has 29 heavy (non-hydrogen) atoms. The summed E-state index contributed by atoms with van der Waals surface area (Å²) in [5, 5.41) is 6.64. The fourth-order valence-corrected chi connectivity index (χ4v) is 3.83. The zero-order valence-electron chi connectivity index (χ0n) is 15.3. The van der Waals surface area contributed by atoms with Gasteiger partial charge in [0.25, 0.3) is 0 Å². The third-order valence-corrected chi connectivity index (χ3v) is 5.69. The number of anilines is 1.